The van der Waals surface area contributed by atoms with Gasteiger partial charge >= 0.3 is 0 Å². The van der Waals surface area contributed by atoms with Crippen LogP contribution in [0.4, 0.5) is 8.78 Å². The van der Waals surface area contributed by atoms with Gasteiger partial charge in [0.2, 0.25) is 5.91 Å². The average Bonchev–Trinajstić information content (AvgIpc) is 3.23. The van der Waals surface area contributed by atoms with Crippen LogP contribution in [-0.4, -0.2) is 20.7 Å². The van der Waals surface area contributed by atoms with Crippen LogP contribution in [0.5, 0.6) is 0 Å². The first-order valence-electron chi connectivity index (χ1n) is 7.84. The van der Waals surface area contributed by atoms with Crippen LogP contribution in [0.2, 0.25) is 0 Å². The Balaban J connectivity index is 1.83. The van der Waals surface area contributed by atoms with Gasteiger partial charge < -0.3 is 5.32 Å². The summed E-state index contributed by atoms with van der Waals surface area (Å²) in [4.78, 5) is 13.5. The van der Waals surface area contributed by atoms with Gasteiger partial charge in [-0.25, -0.2) is 8.78 Å². The molecule has 0 spiro atoms. The van der Waals surface area contributed by atoms with Crippen molar-refractivity contribution in [3.63, 3.8) is 0 Å². The SMILES string of the molecule is C[C@H](NC(=O)[C@H](C)n1c(-c2cccs2)n[nH]c1=S)c1ccc(F)cc1F. The standard InChI is InChI=1S/C17H16F2N4OS2/c1-9(12-6-5-11(18)8-13(12)19)20-16(24)10(2)23-15(21-22-17(23)25)14-4-3-7-26-14/h3-10H,1-2H3,(H,20,24)(H,22,25)/t9-,10-/m0/s1. The van der Waals surface area contributed by atoms with Crippen molar-refractivity contribution in [1.29, 1.82) is 0 Å². The number of amides is 1. The molecule has 0 bridgehead atoms. The number of halogens is 2. The van der Waals surface area contributed by atoms with E-state index in [2.05, 4.69) is 15.5 Å². The van der Waals surface area contributed by atoms with Gasteiger partial charge in [-0.15, -0.1) is 11.3 Å². The van der Waals surface area contributed by atoms with Gasteiger partial charge in [0.1, 0.15) is 17.7 Å². The minimum absolute atomic E-state index is 0.209. The molecule has 0 radical (unpaired) electrons. The highest BCUT2D eigenvalue weighted by molar-refractivity contribution is 7.71. The van der Waals surface area contributed by atoms with Crippen LogP contribution < -0.4 is 5.32 Å². The molecule has 136 valence electrons. The van der Waals surface area contributed by atoms with Gasteiger partial charge in [-0.05, 0) is 43.6 Å². The summed E-state index contributed by atoms with van der Waals surface area (Å²) >= 11 is 6.73. The average molecular weight is 394 g/mol. The zero-order valence-electron chi connectivity index (χ0n) is 14.0. The summed E-state index contributed by atoms with van der Waals surface area (Å²) in [5.74, 6) is -1.15. The third-order valence-electron chi connectivity index (χ3n) is 4.00. The lowest BCUT2D eigenvalue weighted by atomic mass is 10.1. The number of aromatic nitrogens is 3. The van der Waals surface area contributed by atoms with Crippen LogP contribution >= 0.6 is 23.6 Å². The van der Waals surface area contributed by atoms with E-state index in [1.54, 1.807) is 18.4 Å². The molecule has 5 nitrogen and oxygen atoms in total. The third kappa shape index (κ3) is 3.58. The Morgan fingerprint density at radius 3 is 2.77 bits per heavy atom. The Morgan fingerprint density at radius 2 is 2.12 bits per heavy atom. The fourth-order valence-electron chi connectivity index (χ4n) is 2.63. The lowest BCUT2D eigenvalue weighted by molar-refractivity contribution is -0.124. The molecule has 0 aliphatic carbocycles. The molecule has 2 heterocycles. The zero-order chi connectivity index (χ0) is 18.8. The number of hydrogen-bond acceptors (Lipinski definition) is 4. The topological polar surface area (TPSA) is 62.7 Å². The minimum Gasteiger partial charge on any atom is -0.348 e. The quantitative estimate of drug-likeness (QED) is 0.631. The van der Waals surface area contributed by atoms with E-state index < -0.39 is 23.7 Å². The number of nitrogens with zero attached hydrogens (tertiary/aromatic N) is 2. The monoisotopic (exact) mass is 394 g/mol. The first kappa shape index (κ1) is 18.4. The fourth-order valence-corrected chi connectivity index (χ4v) is 3.63. The highest BCUT2D eigenvalue weighted by Crippen LogP contribution is 2.26. The largest absolute Gasteiger partial charge is 0.348 e. The number of rotatable bonds is 5. The Kier molecular flexibility index (Phi) is 5.28. The molecule has 0 saturated heterocycles. The summed E-state index contributed by atoms with van der Waals surface area (Å²) < 4.78 is 28.9. The molecule has 3 aromatic rings. The van der Waals surface area contributed by atoms with Gasteiger partial charge in [0, 0.05) is 11.6 Å². The predicted octanol–water partition coefficient (Wildman–Crippen LogP) is 4.39. The van der Waals surface area contributed by atoms with E-state index in [0.717, 1.165) is 17.0 Å². The molecule has 2 aromatic heterocycles. The number of thiophene rings is 1. The Hall–Kier alpha value is -2.39. The molecule has 26 heavy (non-hydrogen) atoms. The van der Waals surface area contributed by atoms with E-state index in [1.165, 1.54) is 17.4 Å². The van der Waals surface area contributed by atoms with E-state index in [4.69, 9.17) is 12.2 Å². The molecule has 0 aliphatic rings. The number of benzene rings is 1. The fraction of sp³-hybridized carbons (Fsp3) is 0.235. The second kappa shape index (κ2) is 7.46. The summed E-state index contributed by atoms with van der Waals surface area (Å²) in [6.45, 7) is 3.32. The first-order valence-corrected chi connectivity index (χ1v) is 9.13. The predicted molar refractivity (Wildman–Crippen MR) is 98.4 cm³/mol. The van der Waals surface area contributed by atoms with E-state index >= 15 is 0 Å². The minimum atomic E-state index is -0.704. The van der Waals surface area contributed by atoms with Crippen LogP contribution in [0.25, 0.3) is 10.7 Å². The van der Waals surface area contributed by atoms with Gasteiger partial charge in [0.05, 0.1) is 10.9 Å². The van der Waals surface area contributed by atoms with Crippen LogP contribution in [0, 0.1) is 16.4 Å². The number of hydrogen-bond donors (Lipinski definition) is 2. The molecule has 0 aliphatic heterocycles. The normalized spacial score (nSPS) is 13.4. The van der Waals surface area contributed by atoms with Crippen molar-refractivity contribution in [3.8, 4) is 10.7 Å². The van der Waals surface area contributed by atoms with E-state index in [1.807, 2.05) is 17.5 Å². The Bertz CT molecular complexity index is 981. The number of aromatic amines is 1. The number of H-pyrrole nitrogens is 1. The van der Waals surface area contributed by atoms with Crippen molar-refractivity contribution >= 4 is 29.5 Å². The molecule has 2 atom stereocenters. The maximum absolute atomic E-state index is 13.9. The zero-order valence-corrected chi connectivity index (χ0v) is 15.6. The van der Waals surface area contributed by atoms with Crippen LogP contribution in [0.1, 0.15) is 31.5 Å². The Morgan fingerprint density at radius 1 is 1.35 bits per heavy atom. The van der Waals surface area contributed by atoms with E-state index in [0.29, 0.717) is 10.6 Å². The van der Waals surface area contributed by atoms with Gasteiger partial charge in [-0.1, -0.05) is 12.1 Å². The third-order valence-corrected chi connectivity index (χ3v) is 5.15. The van der Waals surface area contributed by atoms with Gasteiger partial charge in [0.25, 0.3) is 0 Å². The van der Waals surface area contributed by atoms with Crippen molar-refractivity contribution in [2.45, 2.75) is 25.9 Å². The molecule has 9 heteroatoms. The molecular weight excluding hydrogens is 378 g/mol. The first-order chi connectivity index (χ1) is 12.4. The maximum Gasteiger partial charge on any atom is 0.243 e. The summed E-state index contributed by atoms with van der Waals surface area (Å²) in [5.41, 5.74) is 0.209. The van der Waals surface area contributed by atoms with Crippen LogP contribution in [0.15, 0.2) is 35.7 Å². The second-order valence-corrected chi connectivity index (χ2v) is 7.11. The maximum atomic E-state index is 13.9. The lowest BCUT2D eigenvalue weighted by Crippen LogP contribution is -2.33. The summed E-state index contributed by atoms with van der Waals surface area (Å²) in [7, 11) is 0. The van der Waals surface area contributed by atoms with Crippen molar-refractivity contribution in [1.82, 2.24) is 20.1 Å². The van der Waals surface area contributed by atoms with Crippen molar-refractivity contribution in [2.24, 2.45) is 0 Å². The highest BCUT2D eigenvalue weighted by Gasteiger charge is 2.23. The van der Waals surface area contributed by atoms with Gasteiger partial charge in [0.15, 0.2) is 10.6 Å². The number of carbonyl (C=O) groups is 1. The molecular formula is C17H16F2N4OS2. The molecule has 0 saturated carbocycles. The van der Waals surface area contributed by atoms with Crippen LogP contribution in [-0.2, 0) is 4.79 Å². The molecule has 3 rings (SSSR count). The lowest BCUT2D eigenvalue weighted by Gasteiger charge is -2.20. The summed E-state index contributed by atoms with van der Waals surface area (Å²) in [6, 6.07) is 5.75. The van der Waals surface area contributed by atoms with Gasteiger partial charge in [-0.3, -0.25) is 14.5 Å². The van der Waals surface area contributed by atoms with E-state index in [9.17, 15) is 13.6 Å². The summed E-state index contributed by atoms with van der Waals surface area (Å²) in [6.07, 6.45) is 0. The number of nitrogens with one attached hydrogen (secondary N) is 2. The molecule has 1 amide bonds. The molecule has 2 N–H and O–H groups in total. The second-order valence-electron chi connectivity index (χ2n) is 5.77. The highest BCUT2D eigenvalue weighted by atomic mass is 32.1. The van der Waals surface area contributed by atoms with Crippen molar-refractivity contribution in [3.05, 3.63) is 57.7 Å². The van der Waals surface area contributed by atoms with E-state index in [-0.39, 0.29) is 11.5 Å². The number of carbonyl (C=O) groups excluding carboxylic acids is 1. The molecule has 1 aromatic carbocycles. The van der Waals surface area contributed by atoms with Crippen molar-refractivity contribution in [2.75, 3.05) is 0 Å². The Labute approximate surface area is 157 Å². The van der Waals surface area contributed by atoms with Gasteiger partial charge in [-0.2, -0.15) is 5.10 Å². The van der Waals surface area contributed by atoms with Crippen LogP contribution in [0.3, 0.4) is 0 Å². The molecule has 0 fully saturated rings. The smallest absolute Gasteiger partial charge is 0.243 e. The van der Waals surface area contributed by atoms with Crippen molar-refractivity contribution < 1.29 is 13.6 Å². The molecule has 0 unspecified atom stereocenters. The summed E-state index contributed by atoms with van der Waals surface area (Å²) in [5, 5.41) is 11.5.